The summed E-state index contributed by atoms with van der Waals surface area (Å²) in [4.78, 5) is 18.5. The molecule has 1 aliphatic heterocycles. The van der Waals surface area contributed by atoms with Gasteiger partial charge in [-0.1, -0.05) is 24.3 Å². The van der Waals surface area contributed by atoms with Crippen molar-refractivity contribution in [2.75, 3.05) is 26.7 Å². The fraction of sp³-hybridized carbons (Fsp3) is 0.391. The quantitative estimate of drug-likeness (QED) is 0.345. The van der Waals surface area contributed by atoms with Gasteiger partial charge in [0.05, 0.1) is 12.6 Å². The van der Waals surface area contributed by atoms with Gasteiger partial charge in [-0.15, -0.1) is 24.0 Å². The van der Waals surface area contributed by atoms with Gasteiger partial charge in [0, 0.05) is 32.2 Å². The number of nitrogens with one attached hydrogen (secondary N) is 2. The van der Waals surface area contributed by atoms with E-state index in [0.717, 1.165) is 17.1 Å². The Morgan fingerprint density at radius 2 is 1.81 bits per heavy atom. The molecule has 0 spiro atoms. The molecule has 1 saturated heterocycles. The van der Waals surface area contributed by atoms with E-state index in [1.54, 1.807) is 19.2 Å². The molecule has 31 heavy (non-hydrogen) atoms. The molecular weight excluding hydrogens is 510 g/mol. The van der Waals surface area contributed by atoms with Crippen molar-refractivity contribution in [2.45, 2.75) is 32.6 Å². The third-order valence-corrected chi connectivity index (χ3v) is 5.02. The summed E-state index contributed by atoms with van der Waals surface area (Å²) in [6.45, 7) is 6.47. The number of halogens is 2. The molecule has 0 saturated carbocycles. The van der Waals surface area contributed by atoms with E-state index in [4.69, 9.17) is 4.74 Å². The fourth-order valence-electron chi connectivity index (χ4n) is 3.54. The van der Waals surface area contributed by atoms with Crippen LogP contribution in [0.15, 0.2) is 53.5 Å². The van der Waals surface area contributed by atoms with Crippen molar-refractivity contribution in [3.63, 3.8) is 0 Å². The zero-order valence-electron chi connectivity index (χ0n) is 18.1. The molecule has 1 aliphatic rings. The van der Waals surface area contributed by atoms with E-state index >= 15 is 0 Å². The van der Waals surface area contributed by atoms with E-state index in [1.165, 1.54) is 12.1 Å². The first-order valence-corrected chi connectivity index (χ1v) is 10.2. The Bertz CT molecular complexity index is 874. The molecule has 0 radical (unpaired) electrons. The molecule has 2 unspecified atom stereocenters. The Hall–Kier alpha value is -2.20. The monoisotopic (exact) mass is 540 g/mol. The highest BCUT2D eigenvalue weighted by Gasteiger charge is 2.28. The zero-order valence-corrected chi connectivity index (χ0v) is 20.4. The van der Waals surface area contributed by atoms with Gasteiger partial charge < -0.3 is 20.3 Å². The van der Waals surface area contributed by atoms with Crippen molar-refractivity contribution in [2.24, 2.45) is 4.99 Å². The number of hydrogen-bond donors (Lipinski definition) is 2. The number of rotatable bonds is 5. The highest BCUT2D eigenvalue weighted by molar-refractivity contribution is 14.0. The predicted octanol–water partition coefficient (Wildman–Crippen LogP) is 3.73. The molecule has 0 aliphatic carbocycles. The SMILES string of the molecule is CCNC(=O)c1ccc(CNC(=NC)N2CC(C)OC(c3ccc(F)cc3)C2)cc1.I. The Labute approximate surface area is 200 Å². The molecule has 1 amide bonds. The van der Waals surface area contributed by atoms with Crippen molar-refractivity contribution in [1.29, 1.82) is 0 Å². The molecule has 3 rings (SSSR count). The lowest BCUT2D eigenvalue weighted by molar-refractivity contribution is -0.0605. The molecule has 6 nitrogen and oxygen atoms in total. The zero-order chi connectivity index (χ0) is 21.5. The molecule has 2 aromatic rings. The lowest BCUT2D eigenvalue weighted by atomic mass is 10.1. The summed E-state index contributed by atoms with van der Waals surface area (Å²) in [5.74, 6) is 0.460. The maximum absolute atomic E-state index is 13.3. The topological polar surface area (TPSA) is 66.0 Å². The summed E-state index contributed by atoms with van der Waals surface area (Å²) in [6, 6.07) is 14.0. The van der Waals surface area contributed by atoms with E-state index in [0.29, 0.717) is 31.7 Å². The average molecular weight is 540 g/mol. The van der Waals surface area contributed by atoms with Crippen molar-refractivity contribution in [3.05, 3.63) is 71.0 Å². The number of benzene rings is 2. The minimum atomic E-state index is -0.255. The first-order valence-electron chi connectivity index (χ1n) is 10.2. The standard InChI is InChI=1S/C23H29FN4O2.HI/c1-4-26-22(29)19-7-5-17(6-8-19)13-27-23(25-3)28-14-16(2)30-21(15-28)18-9-11-20(24)12-10-18;/h5-12,16,21H,4,13-15H2,1-3H3,(H,25,27)(H,26,29);1H. The van der Waals surface area contributed by atoms with Gasteiger partial charge in [-0.25, -0.2) is 4.39 Å². The number of carbonyl (C=O) groups excluding carboxylic acids is 1. The number of aliphatic imine (C=N–C) groups is 1. The van der Waals surface area contributed by atoms with Crippen LogP contribution in [0.4, 0.5) is 4.39 Å². The number of amides is 1. The van der Waals surface area contributed by atoms with Crippen molar-refractivity contribution < 1.29 is 13.9 Å². The van der Waals surface area contributed by atoms with Crippen molar-refractivity contribution in [3.8, 4) is 0 Å². The minimum Gasteiger partial charge on any atom is -0.367 e. The smallest absolute Gasteiger partial charge is 0.251 e. The summed E-state index contributed by atoms with van der Waals surface area (Å²) in [5, 5.41) is 6.19. The Morgan fingerprint density at radius 3 is 2.42 bits per heavy atom. The second-order valence-electron chi connectivity index (χ2n) is 7.35. The molecule has 1 heterocycles. The Balaban J connectivity index is 0.00000341. The summed E-state index contributed by atoms with van der Waals surface area (Å²) in [5.41, 5.74) is 2.65. The number of guanidine groups is 1. The lowest BCUT2D eigenvalue weighted by Gasteiger charge is -2.38. The predicted molar refractivity (Wildman–Crippen MR) is 131 cm³/mol. The molecular formula is C23H30FIN4O2. The fourth-order valence-corrected chi connectivity index (χ4v) is 3.54. The van der Waals surface area contributed by atoms with Gasteiger partial charge in [-0.05, 0) is 49.2 Å². The second kappa shape index (κ2) is 12.0. The van der Waals surface area contributed by atoms with Crippen LogP contribution in [0, 0.1) is 5.82 Å². The first kappa shape index (κ1) is 25.1. The molecule has 0 aromatic heterocycles. The summed E-state index contributed by atoms with van der Waals surface area (Å²) >= 11 is 0. The normalized spacial score (nSPS) is 18.8. The lowest BCUT2D eigenvalue weighted by Crippen LogP contribution is -2.50. The van der Waals surface area contributed by atoms with E-state index < -0.39 is 0 Å². The van der Waals surface area contributed by atoms with Gasteiger partial charge in [-0.3, -0.25) is 9.79 Å². The van der Waals surface area contributed by atoms with Crippen molar-refractivity contribution in [1.82, 2.24) is 15.5 Å². The van der Waals surface area contributed by atoms with Gasteiger partial charge in [0.2, 0.25) is 0 Å². The van der Waals surface area contributed by atoms with E-state index in [2.05, 4.69) is 20.5 Å². The van der Waals surface area contributed by atoms with Crippen LogP contribution in [0.5, 0.6) is 0 Å². The maximum atomic E-state index is 13.3. The van der Waals surface area contributed by atoms with Gasteiger partial charge in [0.25, 0.3) is 5.91 Å². The van der Waals surface area contributed by atoms with Crippen LogP contribution < -0.4 is 10.6 Å². The van der Waals surface area contributed by atoms with Crippen LogP contribution in [-0.2, 0) is 11.3 Å². The van der Waals surface area contributed by atoms with Crippen LogP contribution >= 0.6 is 24.0 Å². The largest absolute Gasteiger partial charge is 0.367 e. The van der Waals surface area contributed by atoms with Gasteiger partial charge in [0.15, 0.2) is 5.96 Å². The van der Waals surface area contributed by atoms with Crippen LogP contribution in [0.1, 0.15) is 41.4 Å². The van der Waals surface area contributed by atoms with Crippen LogP contribution in [0.3, 0.4) is 0 Å². The third-order valence-electron chi connectivity index (χ3n) is 5.02. The summed E-state index contributed by atoms with van der Waals surface area (Å²) in [7, 11) is 1.76. The Morgan fingerprint density at radius 1 is 1.13 bits per heavy atom. The van der Waals surface area contributed by atoms with Crippen LogP contribution in [-0.4, -0.2) is 49.6 Å². The minimum absolute atomic E-state index is 0. The number of ether oxygens (including phenoxy) is 1. The maximum Gasteiger partial charge on any atom is 0.251 e. The molecule has 2 N–H and O–H groups in total. The number of nitrogens with zero attached hydrogens (tertiary/aromatic N) is 2. The van der Waals surface area contributed by atoms with E-state index in [-0.39, 0.29) is 47.9 Å². The van der Waals surface area contributed by atoms with E-state index in [9.17, 15) is 9.18 Å². The van der Waals surface area contributed by atoms with Crippen LogP contribution in [0.25, 0.3) is 0 Å². The average Bonchev–Trinajstić information content (AvgIpc) is 2.75. The van der Waals surface area contributed by atoms with Crippen LogP contribution in [0.2, 0.25) is 0 Å². The second-order valence-corrected chi connectivity index (χ2v) is 7.35. The molecule has 0 bridgehead atoms. The van der Waals surface area contributed by atoms with Gasteiger partial charge in [-0.2, -0.15) is 0 Å². The highest BCUT2D eigenvalue weighted by Crippen LogP contribution is 2.25. The molecule has 168 valence electrons. The molecule has 8 heteroatoms. The van der Waals surface area contributed by atoms with E-state index in [1.807, 2.05) is 38.1 Å². The third kappa shape index (κ3) is 6.90. The number of carbonyl (C=O) groups is 1. The molecule has 1 fully saturated rings. The summed E-state index contributed by atoms with van der Waals surface area (Å²) < 4.78 is 19.3. The molecule has 2 atom stereocenters. The molecule has 2 aromatic carbocycles. The highest BCUT2D eigenvalue weighted by atomic mass is 127. The van der Waals surface area contributed by atoms with Gasteiger partial charge in [0.1, 0.15) is 11.9 Å². The van der Waals surface area contributed by atoms with Crippen molar-refractivity contribution >= 4 is 35.8 Å². The summed E-state index contributed by atoms with van der Waals surface area (Å²) in [6.07, 6.45) is -0.132. The first-order chi connectivity index (χ1) is 14.5. The number of morpholine rings is 1. The number of hydrogen-bond acceptors (Lipinski definition) is 3. The van der Waals surface area contributed by atoms with Gasteiger partial charge >= 0.3 is 0 Å². The Kier molecular flexibility index (Phi) is 9.70.